The second kappa shape index (κ2) is 8.93. The van der Waals surface area contributed by atoms with Crippen LogP contribution in [-0.2, 0) is 6.18 Å². The Morgan fingerprint density at radius 2 is 1.88 bits per heavy atom. The summed E-state index contributed by atoms with van der Waals surface area (Å²) in [6.07, 6.45) is 2.60. The van der Waals surface area contributed by atoms with Gasteiger partial charge in [-0.3, -0.25) is 14.9 Å². The van der Waals surface area contributed by atoms with Crippen LogP contribution in [0.4, 0.5) is 24.5 Å². The summed E-state index contributed by atoms with van der Waals surface area (Å²) in [5.74, 6) is -0.552. The van der Waals surface area contributed by atoms with Crippen molar-refractivity contribution in [3.05, 3.63) is 70.2 Å². The molecule has 0 atom stereocenters. The Kier molecular flexibility index (Phi) is 6.03. The molecule has 2 heterocycles. The number of rotatable bonds is 5. The van der Waals surface area contributed by atoms with E-state index in [4.69, 9.17) is 0 Å². The summed E-state index contributed by atoms with van der Waals surface area (Å²) in [6.45, 7) is 1.47. The fourth-order valence-electron chi connectivity index (χ4n) is 3.82. The number of nitro groups is 1. The molecule has 1 saturated heterocycles. The highest BCUT2D eigenvalue weighted by Crippen LogP contribution is 2.32. The van der Waals surface area contributed by atoms with Gasteiger partial charge in [0.25, 0.3) is 11.6 Å². The summed E-state index contributed by atoms with van der Waals surface area (Å²) in [6, 6.07) is 7.56. The van der Waals surface area contributed by atoms with Gasteiger partial charge < -0.3 is 14.8 Å². The fourth-order valence-corrected chi connectivity index (χ4v) is 3.82. The molecule has 1 N–H and O–H groups in total. The lowest BCUT2D eigenvalue weighted by Gasteiger charge is -2.28. The van der Waals surface area contributed by atoms with E-state index in [0.29, 0.717) is 11.2 Å². The van der Waals surface area contributed by atoms with Gasteiger partial charge in [0, 0.05) is 37.1 Å². The molecule has 3 aromatic rings. The average molecular weight is 459 g/mol. The lowest BCUT2D eigenvalue weighted by Crippen LogP contribution is -2.30. The standard InChI is InChI=1S/C22H20F3N5O3/c23-22(24,25)16-5-7-18-17(13-16)27-14-29(18)11-8-26-21(31)15-4-6-19(20(12-15)30(32)33)28-9-2-1-3-10-28/h4-8,11-14H,1-3,9-10H2,(H,26,31). The number of hydrogen-bond donors (Lipinski definition) is 1. The van der Waals surface area contributed by atoms with Gasteiger partial charge in [-0.2, -0.15) is 13.2 Å². The quantitative estimate of drug-likeness (QED) is 0.437. The number of halogens is 3. The van der Waals surface area contributed by atoms with E-state index in [1.807, 2.05) is 4.90 Å². The van der Waals surface area contributed by atoms with Crippen LogP contribution in [0.15, 0.2) is 48.9 Å². The van der Waals surface area contributed by atoms with Crippen LogP contribution in [0.25, 0.3) is 17.2 Å². The minimum absolute atomic E-state index is 0.123. The van der Waals surface area contributed by atoms with Crippen molar-refractivity contribution in [1.82, 2.24) is 14.9 Å². The normalized spacial score (nSPS) is 14.7. The number of nitrogens with one attached hydrogen (secondary N) is 1. The van der Waals surface area contributed by atoms with Crippen molar-refractivity contribution in [2.75, 3.05) is 18.0 Å². The third kappa shape index (κ3) is 4.81. The molecule has 0 aliphatic carbocycles. The first-order valence-electron chi connectivity index (χ1n) is 10.3. The number of hydrogen-bond acceptors (Lipinski definition) is 5. The van der Waals surface area contributed by atoms with E-state index in [-0.39, 0.29) is 16.8 Å². The van der Waals surface area contributed by atoms with Gasteiger partial charge in [0.05, 0.1) is 27.8 Å². The maximum absolute atomic E-state index is 12.8. The van der Waals surface area contributed by atoms with Crippen LogP contribution < -0.4 is 10.2 Å². The molecule has 1 amide bonds. The van der Waals surface area contributed by atoms with Gasteiger partial charge in [-0.05, 0) is 49.6 Å². The van der Waals surface area contributed by atoms with Gasteiger partial charge in [-0.25, -0.2) is 4.98 Å². The van der Waals surface area contributed by atoms with Gasteiger partial charge in [0.1, 0.15) is 5.69 Å². The smallest absolute Gasteiger partial charge is 0.366 e. The number of benzene rings is 2. The van der Waals surface area contributed by atoms with Crippen molar-refractivity contribution < 1.29 is 22.9 Å². The zero-order chi connectivity index (χ0) is 23.6. The molecule has 0 bridgehead atoms. The first-order valence-corrected chi connectivity index (χ1v) is 10.3. The molecular formula is C22H20F3N5O3. The molecule has 11 heteroatoms. The first-order chi connectivity index (χ1) is 15.7. The molecule has 1 aliphatic rings. The number of carbonyl (C=O) groups is 1. The van der Waals surface area contributed by atoms with Crippen LogP contribution in [-0.4, -0.2) is 33.5 Å². The maximum atomic E-state index is 12.8. The third-order valence-corrected chi connectivity index (χ3v) is 5.48. The zero-order valence-electron chi connectivity index (χ0n) is 17.4. The Hall–Kier alpha value is -3.89. The molecule has 0 spiro atoms. The fraction of sp³-hybridized carbons (Fsp3) is 0.273. The van der Waals surface area contributed by atoms with Crippen LogP contribution in [0.3, 0.4) is 0 Å². The number of fused-ring (bicyclic) bond motifs is 1. The number of piperidine rings is 1. The molecule has 0 saturated carbocycles. The van der Waals surface area contributed by atoms with Crippen LogP contribution in [0.1, 0.15) is 35.2 Å². The molecule has 1 aliphatic heterocycles. The van der Waals surface area contributed by atoms with Gasteiger partial charge in [0.2, 0.25) is 0 Å². The van der Waals surface area contributed by atoms with Crippen LogP contribution in [0.5, 0.6) is 0 Å². The molecule has 0 radical (unpaired) electrons. The number of carbonyl (C=O) groups excluding carboxylic acids is 1. The van der Waals surface area contributed by atoms with Gasteiger partial charge in [0.15, 0.2) is 0 Å². The second-order valence-electron chi connectivity index (χ2n) is 7.65. The lowest BCUT2D eigenvalue weighted by molar-refractivity contribution is -0.384. The highest BCUT2D eigenvalue weighted by Gasteiger charge is 2.30. The Morgan fingerprint density at radius 3 is 2.58 bits per heavy atom. The molecular weight excluding hydrogens is 439 g/mol. The number of nitrogens with zero attached hydrogens (tertiary/aromatic N) is 4. The topological polar surface area (TPSA) is 93.3 Å². The van der Waals surface area contributed by atoms with Crippen LogP contribution in [0.2, 0.25) is 0 Å². The van der Waals surface area contributed by atoms with E-state index in [1.165, 1.54) is 41.5 Å². The Labute approximate surface area is 186 Å². The monoisotopic (exact) mass is 459 g/mol. The zero-order valence-corrected chi connectivity index (χ0v) is 17.4. The van der Waals surface area contributed by atoms with Gasteiger partial charge in [-0.15, -0.1) is 0 Å². The molecule has 2 aromatic carbocycles. The summed E-state index contributed by atoms with van der Waals surface area (Å²) in [7, 11) is 0. The molecule has 0 unspecified atom stereocenters. The third-order valence-electron chi connectivity index (χ3n) is 5.48. The van der Waals surface area contributed by atoms with Crippen molar-refractivity contribution >= 4 is 34.5 Å². The number of imidazole rings is 1. The van der Waals surface area contributed by atoms with Gasteiger partial charge in [-0.1, -0.05) is 0 Å². The van der Waals surface area contributed by atoms with E-state index in [2.05, 4.69) is 10.3 Å². The molecule has 172 valence electrons. The van der Waals surface area contributed by atoms with Gasteiger partial charge >= 0.3 is 6.18 Å². The Bertz CT molecular complexity index is 1230. The highest BCUT2D eigenvalue weighted by molar-refractivity contribution is 5.96. The van der Waals surface area contributed by atoms with Crippen LogP contribution in [0, 0.1) is 10.1 Å². The van der Waals surface area contributed by atoms with E-state index >= 15 is 0 Å². The van der Waals surface area contributed by atoms with E-state index in [0.717, 1.165) is 44.5 Å². The molecule has 4 rings (SSSR count). The highest BCUT2D eigenvalue weighted by atomic mass is 19.4. The van der Waals surface area contributed by atoms with E-state index in [9.17, 15) is 28.1 Å². The molecule has 1 fully saturated rings. The average Bonchev–Trinajstić information content (AvgIpc) is 3.21. The number of aromatic nitrogens is 2. The van der Waals surface area contributed by atoms with Crippen molar-refractivity contribution in [2.45, 2.75) is 25.4 Å². The van der Waals surface area contributed by atoms with E-state index in [1.54, 1.807) is 6.07 Å². The number of amides is 1. The summed E-state index contributed by atoms with van der Waals surface area (Å²) in [5.41, 5.74) is 0.272. The minimum atomic E-state index is -4.46. The second-order valence-corrected chi connectivity index (χ2v) is 7.65. The largest absolute Gasteiger partial charge is 0.416 e. The van der Waals surface area contributed by atoms with Crippen molar-refractivity contribution in [2.24, 2.45) is 0 Å². The Morgan fingerprint density at radius 1 is 1.12 bits per heavy atom. The first kappa shape index (κ1) is 22.3. The Balaban J connectivity index is 1.49. The summed E-state index contributed by atoms with van der Waals surface area (Å²) in [4.78, 5) is 29.5. The maximum Gasteiger partial charge on any atom is 0.416 e. The van der Waals surface area contributed by atoms with Crippen molar-refractivity contribution in [3.63, 3.8) is 0 Å². The SMILES string of the molecule is O=C(NC=Cn1cnc2cc(C(F)(F)F)ccc21)c1ccc(N2CCCCC2)c([N+](=O)[O-])c1. The lowest BCUT2D eigenvalue weighted by atomic mass is 10.1. The number of anilines is 1. The van der Waals surface area contributed by atoms with Crippen molar-refractivity contribution in [3.8, 4) is 0 Å². The molecule has 1 aromatic heterocycles. The predicted molar refractivity (Wildman–Crippen MR) is 117 cm³/mol. The minimum Gasteiger partial charge on any atom is -0.366 e. The summed E-state index contributed by atoms with van der Waals surface area (Å²) in [5, 5.41) is 14.1. The van der Waals surface area contributed by atoms with Crippen LogP contribution >= 0.6 is 0 Å². The number of alkyl halides is 3. The predicted octanol–water partition coefficient (Wildman–Crippen LogP) is 4.81. The van der Waals surface area contributed by atoms with Crippen molar-refractivity contribution in [1.29, 1.82) is 0 Å². The summed E-state index contributed by atoms with van der Waals surface area (Å²) >= 11 is 0. The summed E-state index contributed by atoms with van der Waals surface area (Å²) < 4.78 is 40.0. The molecule has 33 heavy (non-hydrogen) atoms. The molecule has 8 nitrogen and oxygen atoms in total. The van der Waals surface area contributed by atoms with E-state index < -0.39 is 22.6 Å². The number of nitro benzene ring substituents is 1.